The molecule has 0 saturated carbocycles. The number of ether oxygens (including phenoxy) is 1. The first-order chi connectivity index (χ1) is 11.0. The van der Waals surface area contributed by atoms with Crippen molar-refractivity contribution in [2.24, 2.45) is 0 Å². The first-order valence-electron chi connectivity index (χ1n) is 7.07. The van der Waals surface area contributed by atoms with Crippen molar-refractivity contribution in [2.45, 2.75) is 13.0 Å². The summed E-state index contributed by atoms with van der Waals surface area (Å²) in [5.74, 6) is -0.976. The first-order valence-corrected chi connectivity index (χ1v) is 7.07. The van der Waals surface area contributed by atoms with E-state index in [4.69, 9.17) is 4.74 Å². The van der Waals surface area contributed by atoms with Crippen LogP contribution in [0.5, 0.6) is 5.75 Å². The largest absolute Gasteiger partial charge is 0.494 e. The van der Waals surface area contributed by atoms with Gasteiger partial charge in [0.1, 0.15) is 5.82 Å². The topological polar surface area (TPSA) is 38.3 Å². The van der Waals surface area contributed by atoms with Gasteiger partial charge in [-0.1, -0.05) is 18.2 Å². The van der Waals surface area contributed by atoms with E-state index >= 15 is 0 Å². The lowest BCUT2D eigenvalue weighted by Crippen LogP contribution is -2.24. The van der Waals surface area contributed by atoms with Gasteiger partial charge in [-0.05, 0) is 48.4 Å². The van der Waals surface area contributed by atoms with Gasteiger partial charge in [0.05, 0.1) is 13.2 Å². The summed E-state index contributed by atoms with van der Waals surface area (Å²) in [5.41, 5.74) is 1.34. The molecule has 0 bridgehead atoms. The van der Waals surface area contributed by atoms with Crippen LogP contribution in [0.3, 0.4) is 0 Å². The predicted octanol–water partition coefficient (Wildman–Crippen LogP) is 3.86. The fourth-order valence-electron chi connectivity index (χ4n) is 2.04. The number of carbonyl (C=O) groups is 1. The lowest BCUT2D eigenvalue weighted by molar-refractivity contribution is -0.117. The van der Waals surface area contributed by atoms with Crippen LogP contribution in [0.2, 0.25) is 0 Å². The van der Waals surface area contributed by atoms with Crippen LogP contribution < -0.4 is 10.1 Å². The Balaban J connectivity index is 1.99. The van der Waals surface area contributed by atoms with Crippen LogP contribution >= 0.6 is 0 Å². The third-order valence-electron chi connectivity index (χ3n) is 3.33. The molecule has 1 N–H and O–H groups in total. The molecule has 2 aromatic rings. The predicted molar refractivity (Wildman–Crippen MR) is 84.9 cm³/mol. The molecule has 120 valence electrons. The number of carbonyl (C=O) groups excluding carboxylic acids is 1. The highest BCUT2D eigenvalue weighted by molar-refractivity contribution is 5.91. The van der Waals surface area contributed by atoms with E-state index in [1.54, 1.807) is 31.2 Å². The SMILES string of the molecule is COc1ccc([C@H](C)NC(=O)/C=C/c2ccc(F)cc2)cc1F. The molecular weight excluding hydrogens is 300 g/mol. The van der Waals surface area contributed by atoms with Crippen molar-refractivity contribution in [2.75, 3.05) is 7.11 Å². The molecule has 1 amide bonds. The molecule has 0 heterocycles. The van der Waals surface area contributed by atoms with Crippen molar-refractivity contribution in [3.8, 4) is 5.75 Å². The highest BCUT2D eigenvalue weighted by Gasteiger charge is 2.11. The second kappa shape index (κ2) is 7.54. The maximum Gasteiger partial charge on any atom is 0.244 e. The molecular formula is C18H17F2NO2. The Labute approximate surface area is 133 Å². The van der Waals surface area contributed by atoms with Crippen LogP contribution in [0.25, 0.3) is 6.08 Å². The molecule has 0 unspecified atom stereocenters. The lowest BCUT2D eigenvalue weighted by atomic mass is 10.1. The molecule has 0 aliphatic rings. The molecule has 3 nitrogen and oxygen atoms in total. The van der Waals surface area contributed by atoms with Crippen LogP contribution in [-0.2, 0) is 4.79 Å². The number of nitrogens with one attached hydrogen (secondary N) is 1. The van der Waals surface area contributed by atoms with Crippen molar-refractivity contribution < 1.29 is 18.3 Å². The molecule has 5 heteroatoms. The summed E-state index contributed by atoms with van der Waals surface area (Å²) in [5, 5.41) is 2.74. The zero-order valence-electron chi connectivity index (χ0n) is 12.8. The van der Waals surface area contributed by atoms with Crippen molar-refractivity contribution >= 4 is 12.0 Å². The van der Waals surface area contributed by atoms with Gasteiger partial charge in [-0.2, -0.15) is 0 Å². The number of methoxy groups -OCH3 is 1. The molecule has 0 fully saturated rings. The Morgan fingerprint density at radius 2 is 1.87 bits per heavy atom. The average molecular weight is 317 g/mol. The molecule has 23 heavy (non-hydrogen) atoms. The number of halogens is 2. The standard InChI is InChI=1S/C18H17F2NO2/c1-12(14-6-9-17(23-2)16(20)11-14)21-18(22)10-5-13-3-7-15(19)8-4-13/h3-12H,1-2H3,(H,21,22)/b10-5+/t12-/m0/s1. The quantitative estimate of drug-likeness (QED) is 0.850. The Morgan fingerprint density at radius 3 is 2.48 bits per heavy atom. The van der Waals surface area contributed by atoms with Crippen molar-refractivity contribution in [1.29, 1.82) is 0 Å². The van der Waals surface area contributed by atoms with Crippen LogP contribution in [0.1, 0.15) is 24.1 Å². The average Bonchev–Trinajstić information content (AvgIpc) is 2.54. The van der Waals surface area contributed by atoms with Gasteiger partial charge in [0, 0.05) is 6.08 Å². The summed E-state index contributed by atoms with van der Waals surface area (Å²) in [7, 11) is 1.39. The maximum atomic E-state index is 13.7. The summed E-state index contributed by atoms with van der Waals surface area (Å²) < 4.78 is 31.3. The van der Waals surface area contributed by atoms with Crippen molar-refractivity contribution in [3.05, 3.63) is 71.3 Å². The fraction of sp³-hybridized carbons (Fsp3) is 0.167. The Hall–Kier alpha value is -2.69. The van der Waals surface area contributed by atoms with Gasteiger partial charge < -0.3 is 10.1 Å². The van der Waals surface area contributed by atoms with E-state index in [-0.39, 0.29) is 23.5 Å². The van der Waals surface area contributed by atoms with Gasteiger partial charge in [-0.3, -0.25) is 4.79 Å². The molecule has 2 aromatic carbocycles. The van der Waals surface area contributed by atoms with Crippen LogP contribution in [0, 0.1) is 11.6 Å². The second-order valence-electron chi connectivity index (χ2n) is 5.01. The number of amides is 1. The van der Waals surface area contributed by atoms with Gasteiger partial charge in [-0.25, -0.2) is 8.78 Å². The normalized spacial score (nSPS) is 12.2. The first kappa shape index (κ1) is 16.7. The molecule has 0 spiro atoms. The zero-order valence-corrected chi connectivity index (χ0v) is 12.8. The lowest BCUT2D eigenvalue weighted by Gasteiger charge is -2.14. The molecule has 1 atom stereocenters. The fourth-order valence-corrected chi connectivity index (χ4v) is 2.04. The monoisotopic (exact) mass is 317 g/mol. The molecule has 0 aliphatic carbocycles. The zero-order chi connectivity index (χ0) is 16.8. The van der Waals surface area contributed by atoms with E-state index in [9.17, 15) is 13.6 Å². The summed E-state index contributed by atoms with van der Waals surface area (Å²) in [6.07, 6.45) is 2.93. The van der Waals surface area contributed by atoms with Crippen molar-refractivity contribution in [3.63, 3.8) is 0 Å². The smallest absolute Gasteiger partial charge is 0.244 e. The number of hydrogen-bond donors (Lipinski definition) is 1. The Bertz CT molecular complexity index is 711. The van der Waals surface area contributed by atoms with Gasteiger partial charge in [0.2, 0.25) is 5.91 Å². The summed E-state index contributed by atoms with van der Waals surface area (Å²) >= 11 is 0. The van der Waals surface area contributed by atoms with Crippen LogP contribution in [0.15, 0.2) is 48.5 Å². The van der Waals surface area contributed by atoms with E-state index in [0.29, 0.717) is 11.1 Å². The molecule has 0 radical (unpaired) electrons. The highest BCUT2D eigenvalue weighted by Crippen LogP contribution is 2.21. The molecule has 0 aromatic heterocycles. The number of hydrogen-bond acceptors (Lipinski definition) is 2. The van der Waals surface area contributed by atoms with Crippen molar-refractivity contribution in [1.82, 2.24) is 5.32 Å². The third-order valence-corrected chi connectivity index (χ3v) is 3.33. The minimum absolute atomic E-state index is 0.156. The number of benzene rings is 2. The van der Waals surface area contributed by atoms with E-state index < -0.39 is 5.82 Å². The summed E-state index contributed by atoms with van der Waals surface area (Å²) in [6, 6.07) is 9.95. The molecule has 0 saturated heterocycles. The maximum absolute atomic E-state index is 13.7. The van der Waals surface area contributed by atoms with Gasteiger partial charge in [0.25, 0.3) is 0 Å². The third kappa shape index (κ3) is 4.64. The minimum atomic E-state index is -0.479. The number of rotatable bonds is 5. The van der Waals surface area contributed by atoms with E-state index in [2.05, 4.69) is 5.32 Å². The minimum Gasteiger partial charge on any atom is -0.494 e. The van der Waals surface area contributed by atoms with Crippen LogP contribution in [0.4, 0.5) is 8.78 Å². The van der Waals surface area contributed by atoms with Gasteiger partial charge in [-0.15, -0.1) is 0 Å². The van der Waals surface area contributed by atoms with Gasteiger partial charge >= 0.3 is 0 Å². The Morgan fingerprint density at radius 1 is 1.17 bits per heavy atom. The summed E-state index contributed by atoms with van der Waals surface area (Å²) in [6.45, 7) is 1.75. The van der Waals surface area contributed by atoms with E-state index in [1.807, 2.05) is 0 Å². The van der Waals surface area contributed by atoms with Gasteiger partial charge in [0.15, 0.2) is 11.6 Å². The summed E-state index contributed by atoms with van der Waals surface area (Å²) in [4.78, 5) is 11.9. The van der Waals surface area contributed by atoms with Crippen LogP contribution in [-0.4, -0.2) is 13.0 Å². The van der Waals surface area contributed by atoms with E-state index in [1.165, 1.54) is 37.5 Å². The highest BCUT2D eigenvalue weighted by atomic mass is 19.1. The molecule has 0 aliphatic heterocycles. The molecule has 2 rings (SSSR count). The van der Waals surface area contributed by atoms with E-state index in [0.717, 1.165) is 0 Å². The second-order valence-corrected chi connectivity index (χ2v) is 5.01. The Kier molecular flexibility index (Phi) is 5.46.